The minimum Gasteiger partial charge on any atom is -0.433 e. The number of amides is 1. The molecule has 4 heteroatoms. The quantitative estimate of drug-likeness (QED) is 0.576. The minimum absolute atomic E-state index is 0.179. The third-order valence-electron chi connectivity index (χ3n) is 1.81. The maximum atomic E-state index is 11.2. The summed E-state index contributed by atoms with van der Waals surface area (Å²) in [6.45, 7) is 2.08. The predicted octanol–water partition coefficient (Wildman–Crippen LogP) is 0.738. The lowest BCUT2D eigenvalue weighted by Gasteiger charge is -2.17. The number of nitrogens with zero attached hydrogens (tertiary/aromatic N) is 2. The van der Waals surface area contributed by atoms with Crippen LogP contribution in [0.5, 0.6) is 0 Å². The standard InChI is InChI=1S/C8H16N2O2/c1-9(2)7-12-8(11)10-5-3-4-6-10/h3-7H2,1-2H3. The molecule has 70 valence electrons. The maximum absolute atomic E-state index is 11.2. The lowest BCUT2D eigenvalue weighted by Crippen LogP contribution is -2.31. The van der Waals surface area contributed by atoms with Crippen LogP contribution in [0.15, 0.2) is 0 Å². The SMILES string of the molecule is CN(C)COC(=O)N1CCCC1. The van der Waals surface area contributed by atoms with Crippen LogP contribution < -0.4 is 0 Å². The molecule has 1 aliphatic rings. The first-order valence-corrected chi connectivity index (χ1v) is 4.26. The second-order valence-corrected chi connectivity index (χ2v) is 3.31. The Bertz CT molecular complexity index is 153. The van der Waals surface area contributed by atoms with E-state index in [1.54, 1.807) is 4.90 Å². The summed E-state index contributed by atoms with van der Waals surface area (Å²) >= 11 is 0. The van der Waals surface area contributed by atoms with Gasteiger partial charge in [0.25, 0.3) is 0 Å². The molecule has 1 heterocycles. The predicted molar refractivity (Wildman–Crippen MR) is 45.8 cm³/mol. The third kappa shape index (κ3) is 2.70. The Hall–Kier alpha value is -0.770. The molecule has 0 aromatic heterocycles. The van der Waals surface area contributed by atoms with Gasteiger partial charge in [0, 0.05) is 13.1 Å². The summed E-state index contributed by atoms with van der Waals surface area (Å²) in [7, 11) is 3.74. The van der Waals surface area contributed by atoms with Crippen LogP contribution in [0.1, 0.15) is 12.8 Å². The average Bonchev–Trinajstić information content (AvgIpc) is 2.51. The normalized spacial score (nSPS) is 17.1. The van der Waals surface area contributed by atoms with Crippen molar-refractivity contribution >= 4 is 6.09 Å². The van der Waals surface area contributed by atoms with Crippen LogP contribution in [0.25, 0.3) is 0 Å². The molecule has 12 heavy (non-hydrogen) atoms. The molecule has 1 saturated heterocycles. The number of ether oxygens (including phenoxy) is 1. The van der Waals surface area contributed by atoms with Gasteiger partial charge < -0.3 is 9.64 Å². The number of hydrogen-bond acceptors (Lipinski definition) is 3. The molecule has 1 amide bonds. The number of rotatable bonds is 2. The van der Waals surface area contributed by atoms with Gasteiger partial charge in [0.2, 0.25) is 0 Å². The molecule has 0 atom stereocenters. The summed E-state index contributed by atoms with van der Waals surface area (Å²) < 4.78 is 5.00. The van der Waals surface area contributed by atoms with Gasteiger partial charge in [-0.05, 0) is 26.9 Å². The van der Waals surface area contributed by atoms with Crippen LogP contribution >= 0.6 is 0 Å². The zero-order chi connectivity index (χ0) is 8.97. The van der Waals surface area contributed by atoms with Gasteiger partial charge in [0.05, 0.1) is 0 Å². The number of likely N-dealkylation sites (tertiary alicyclic amines) is 1. The molecule has 0 N–H and O–H groups in total. The second-order valence-electron chi connectivity index (χ2n) is 3.31. The summed E-state index contributed by atoms with van der Waals surface area (Å²) in [4.78, 5) is 14.8. The Labute approximate surface area is 73.1 Å². The van der Waals surface area contributed by atoms with Crippen molar-refractivity contribution in [3.8, 4) is 0 Å². The zero-order valence-corrected chi connectivity index (χ0v) is 7.75. The monoisotopic (exact) mass is 172 g/mol. The van der Waals surface area contributed by atoms with Gasteiger partial charge in [-0.25, -0.2) is 4.79 Å². The van der Waals surface area contributed by atoms with Gasteiger partial charge in [-0.2, -0.15) is 0 Å². The fourth-order valence-corrected chi connectivity index (χ4v) is 1.18. The summed E-state index contributed by atoms with van der Waals surface area (Å²) in [5, 5.41) is 0. The van der Waals surface area contributed by atoms with Crippen molar-refractivity contribution in [1.29, 1.82) is 0 Å². The van der Waals surface area contributed by atoms with Crippen molar-refractivity contribution < 1.29 is 9.53 Å². The number of carbonyl (C=O) groups is 1. The molecule has 4 nitrogen and oxygen atoms in total. The number of hydrogen-bond donors (Lipinski definition) is 0. The van der Waals surface area contributed by atoms with Gasteiger partial charge in [-0.15, -0.1) is 0 Å². The van der Waals surface area contributed by atoms with Crippen molar-refractivity contribution in [2.24, 2.45) is 0 Å². The van der Waals surface area contributed by atoms with Crippen molar-refractivity contribution in [3.63, 3.8) is 0 Å². The van der Waals surface area contributed by atoms with E-state index >= 15 is 0 Å². The summed E-state index contributed by atoms with van der Waals surface area (Å²) in [6.07, 6.45) is 2.04. The molecule has 0 aromatic carbocycles. The van der Waals surface area contributed by atoms with E-state index in [9.17, 15) is 4.79 Å². The Morgan fingerprint density at radius 3 is 2.50 bits per heavy atom. The van der Waals surface area contributed by atoms with Crippen molar-refractivity contribution in [1.82, 2.24) is 9.80 Å². The van der Waals surface area contributed by atoms with Crippen LogP contribution in [-0.2, 0) is 4.74 Å². The highest BCUT2D eigenvalue weighted by Gasteiger charge is 2.18. The third-order valence-corrected chi connectivity index (χ3v) is 1.81. The lowest BCUT2D eigenvalue weighted by atomic mass is 10.4. The minimum atomic E-state index is -0.179. The van der Waals surface area contributed by atoms with Crippen molar-refractivity contribution in [2.45, 2.75) is 12.8 Å². The van der Waals surface area contributed by atoms with E-state index in [-0.39, 0.29) is 6.09 Å². The van der Waals surface area contributed by atoms with Crippen LogP contribution in [0.4, 0.5) is 4.79 Å². The second kappa shape index (κ2) is 4.30. The van der Waals surface area contributed by atoms with Gasteiger partial charge >= 0.3 is 6.09 Å². The topological polar surface area (TPSA) is 32.8 Å². The van der Waals surface area contributed by atoms with Crippen LogP contribution in [-0.4, -0.2) is 49.8 Å². The van der Waals surface area contributed by atoms with E-state index in [1.807, 2.05) is 19.0 Å². The van der Waals surface area contributed by atoms with Gasteiger partial charge in [0.15, 0.2) is 0 Å². The molecule has 1 rings (SSSR count). The van der Waals surface area contributed by atoms with Gasteiger partial charge in [-0.1, -0.05) is 0 Å². The zero-order valence-electron chi connectivity index (χ0n) is 7.75. The highest BCUT2D eigenvalue weighted by Crippen LogP contribution is 2.08. The summed E-state index contributed by atoms with van der Waals surface area (Å²) in [5.41, 5.74) is 0. The fraction of sp³-hybridized carbons (Fsp3) is 0.875. The smallest absolute Gasteiger partial charge is 0.411 e. The Kier molecular flexibility index (Phi) is 3.34. The molecule has 0 aliphatic carbocycles. The average molecular weight is 172 g/mol. The first kappa shape index (κ1) is 9.32. The Balaban J connectivity index is 2.18. The molecule has 0 unspecified atom stereocenters. The molecule has 0 radical (unpaired) electrons. The van der Waals surface area contributed by atoms with Crippen molar-refractivity contribution in [2.75, 3.05) is 33.9 Å². The van der Waals surface area contributed by atoms with Crippen LogP contribution in [0.3, 0.4) is 0 Å². The van der Waals surface area contributed by atoms with E-state index in [4.69, 9.17) is 4.74 Å². The Morgan fingerprint density at radius 1 is 1.42 bits per heavy atom. The van der Waals surface area contributed by atoms with E-state index in [1.165, 1.54) is 0 Å². The Morgan fingerprint density at radius 2 is 2.00 bits per heavy atom. The number of carbonyl (C=O) groups excluding carboxylic acids is 1. The van der Waals surface area contributed by atoms with E-state index in [0.29, 0.717) is 6.73 Å². The highest BCUT2D eigenvalue weighted by atomic mass is 16.6. The van der Waals surface area contributed by atoms with E-state index < -0.39 is 0 Å². The molecule has 0 spiro atoms. The molecule has 0 saturated carbocycles. The molecule has 0 bridgehead atoms. The van der Waals surface area contributed by atoms with Gasteiger partial charge in [0.1, 0.15) is 6.73 Å². The maximum Gasteiger partial charge on any atom is 0.411 e. The van der Waals surface area contributed by atoms with Crippen LogP contribution in [0, 0.1) is 0 Å². The van der Waals surface area contributed by atoms with E-state index in [2.05, 4.69) is 0 Å². The van der Waals surface area contributed by atoms with Crippen molar-refractivity contribution in [3.05, 3.63) is 0 Å². The largest absolute Gasteiger partial charge is 0.433 e. The molecule has 1 aliphatic heterocycles. The lowest BCUT2D eigenvalue weighted by molar-refractivity contribution is 0.0690. The molecular weight excluding hydrogens is 156 g/mol. The van der Waals surface area contributed by atoms with E-state index in [0.717, 1.165) is 25.9 Å². The first-order chi connectivity index (χ1) is 5.70. The molecular formula is C8H16N2O2. The molecule has 1 fully saturated rings. The van der Waals surface area contributed by atoms with Gasteiger partial charge in [-0.3, -0.25) is 4.90 Å². The summed E-state index contributed by atoms with van der Waals surface area (Å²) in [5.74, 6) is 0. The van der Waals surface area contributed by atoms with Crippen LogP contribution in [0.2, 0.25) is 0 Å². The fourth-order valence-electron chi connectivity index (χ4n) is 1.18. The summed E-state index contributed by atoms with van der Waals surface area (Å²) in [6, 6.07) is 0. The highest BCUT2D eigenvalue weighted by molar-refractivity contribution is 5.67. The molecule has 0 aromatic rings. The first-order valence-electron chi connectivity index (χ1n) is 4.26.